The van der Waals surface area contributed by atoms with Crippen LogP contribution < -0.4 is 4.90 Å². The zero-order chi connectivity index (χ0) is 17.3. The second-order valence-electron chi connectivity index (χ2n) is 6.15. The van der Waals surface area contributed by atoms with E-state index in [1.807, 2.05) is 29.3 Å². The molecule has 0 atom stereocenters. The van der Waals surface area contributed by atoms with Gasteiger partial charge in [0.05, 0.1) is 31.1 Å². The molecule has 130 valence electrons. The molecule has 0 saturated carbocycles. The van der Waals surface area contributed by atoms with Gasteiger partial charge in [-0.25, -0.2) is 14.6 Å². The number of aromatic amines is 1. The first kappa shape index (κ1) is 15.0. The third kappa shape index (κ3) is 2.60. The highest BCUT2D eigenvalue weighted by atomic mass is 16.5. The first-order valence-corrected chi connectivity index (χ1v) is 8.50. The fourth-order valence-electron chi connectivity index (χ4n) is 3.21. The van der Waals surface area contributed by atoms with Gasteiger partial charge in [-0.1, -0.05) is 12.1 Å². The van der Waals surface area contributed by atoms with Crippen LogP contribution in [0.2, 0.25) is 0 Å². The molecule has 3 aromatic heterocycles. The molecule has 1 saturated heterocycles. The van der Waals surface area contributed by atoms with Gasteiger partial charge in [-0.05, 0) is 11.6 Å². The fraction of sp³-hybridized carbons (Fsp3) is 0.222. The van der Waals surface area contributed by atoms with Gasteiger partial charge in [0.1, 0.15) is 12.1 Å². The number of nitrogens with zero attached hydrogens (tertiary/aromatic N) is 6. The van der Waals surface area contributed by atoms with E-state index in [-0.39, 0.29) is 0 Å². The molecule has 1 fully saturated rings. The lowest BCUT2D eigenvalue weighted by Gasteiger charge is -2.27. The number of morpholine rings is 1. The van der Waals surface area contributed by atoms with Gasteiger partial charge in [-0.2, -0.15) is 10.2 Å². The number of anilines is 1. The number of ether oxygens (including phenoxy) is 1. The smallest absolute Gasteiger partial charge is 0.159 e. The Morgan fingerprint density at radius 2 is 1.85 bits per heavy atom. The van der Waals surface area contributed by atoms with Crippen LogP contribution in [0.4, 0.5) is 5.82 Å². The van der Waals surface area contributed by atoms with Crippen LogP contribution >= 0.6 is 0 Å². The topological polar surface area (TPSA) is 84.8 Å². The van der Waals surface area contributed by atoms with E-state index in [0.29, 0.717) is 0 Å². The number of fused-ring (bicyclic) bond motifs is 1. The van der Waals surface area contributed by atoms with E-state index in [4.69, 9.17) is 4.74 Å². The maximum absolute atomic E-state index is 5.42. The van der Waals surface area contributed by atoms with Crippen LogP contribution in [0.25, 0.3) is 27.8 Å². The Morgan fingerprint density at radius 1 is 0.962 bits per heavy atom. The summed E-state index contributed by atoms with van der Waals surface area (Å²) >= 11 is 0. The highest BCUT2D eigenvalue weighted by Crippen LogP contribution is 2.25. The van der Waals surface area contributed by atoms with Crippen molar-refractivity contribution in [2.24, 2.45) is 0 Å². The van der Waals surface area contributed by atoms with E-state index in [2.05, 4.69) is 48.4 Å². The summed E-state index contributed by atoms with van der Waals surface area (Å²) in [6.07, 6.45) is 7.13. The van der Waals surface area contributed by atoms with Gasteiger partial charge in [0.25, 0.3) is 0 Å². The summed E-state index contributed by atoms with van der Waals surface area (Å²) < 4.78 is 7.27. The largest absolute Gasteiger partial charge is 0.378 e. The quantitative estimate of drug-likeness (QED) is 0.610. The first-order chi connectivity index (χ1) is 12.9. The van der Waals surface area contributed by atoms with Crippen molar-refractivity contribution in [2.75, 3.05) is 31.2 Å². The minimum absolute atomic E-state index is 0.720. The number of aromatic nitrogens is 6. The van der Waals surface area contributed by atoms with Crippen LogP contribution in [0.15, 0.2) is 49.2 Å². The minimum Gasteiger partial charge on any atom is -0.378 e. The molecule has 0 spiro atoms. The van der Waals surface area contributed by atoms with E-state index in [1.165, 1.54) is 0 Å². The second kappa shape index (κ2) is 6.23. The van der Waals surface area contributed by atoms with Gasteiger partial charge in [-0.3, -0.25) is 5.10 Å². The Labute approximate surface area is 149 Å². The lowest BCUT2D eigenvalue weighted by molar-refractivity contribution is 0.122. The van der Waals surface area contributed by atoms with E-state index >= 15 is 0 Å². The summed E-state index contributed by atoms with van der Waals surface area (Å²) in [4.78, 5) is 11.1. The Balaban J connectivity index is 1.57. The number of benzene rings is 1. The van der Waals surface area contributed by atoms with E-state index < -0.39 is 0 Å². The van der Waals surface area contributed by atoms with Gasteiger partial charge < -0.3 is 9.64 Å². The Hall–Kier alpha value is -3.26. The molecule has 4 heterocycles. The molecule has 8 heteroatoms. The van der Waals surface area contributed by atoms with Crippen LogP contribution in [-0.4, -0.2) is 56.2 Å². The fourth-order valence-corrected chi connectivity index (χ4v) is 3.21. The molecular weight excluding hydrogens is 330 g/mol. The van der Waals surface area contributed by atoms with E-state index in [1.54, 1.807) is 6.33 Å². The molecule has 0 amide bonds. The maximum Gasteiger partial charge on any atom is 0.159 e. The van der Waals surface area contributed by atoms with Gasteiger partial charge in [0, 0.05) is 36.3 Å². The van der Waals surface area contributed by atoms with Gasteiger partial charge in [0.15, 0.2) is 5.82 Å². The molecule has 1 aromatic carbocycles. The predicted molar refractivity (Wildman–Crippen MR) is 97.3 cm³/mol. The second-order valence-corrected chi connectivity index (χ2v) is 6.15. The molecule has 8 nitrogen and oxygen atoms in total. The summed E-state index contributed by atoms with van der Waals surface area (Å²) in [6, 6.07) is 8.20. The SMILES string of the molecule is c1nc(N2CCOCC2)cc(-n2ncc3ccc(-c4cn[nH]c4)cc32)n1. The van der Waals surface area contributed by atoms with Crippen molar-refractivity contribution in [3.63, 3.8) is 0 Å². The van der Waals surface area contributed by atoms with Crippen molar-refractivity contribution in [1.82, 2.24) is 29.9 Å². The molecule has 1 N–H and O–H groups in total. The summed E-state index contributed by atoms with van der Waals surface area (Å²) in [5.74, 6) is 1.65. The average molecular weight is 347 g/mol. The monoisotopic (exact) mass is 347 g/mol. The van der Waals surface area contributed by atoms with Crippen molar-refractivity contribution in [2.45, 2.75) is 0 Å². The molecule has 1 aliphatic rings. The third-order valence-electron chi connectivity index (χ3n) is 4.59. The number of hydrogen-bond donors (Lipinski definition) is 1. The summed E-state index contributed by atoms with van der Waals surface area (Å²) in [7, 11) is 0. The highest BCUT2D eigenvalue weighted by Gasteiger charge is 2.15. The lowest BCUT2D eigenvalue weighted by Crippen LogP contribution is -2.36. The summed E-state index contributed by atoms with van der Waals surface area (Å²) in [6.45, 7) is 3.11. The van der Waals surface area contributed by atoms with Crippen molar-refractivity contribution < 1.29 is 4.74 Å². The van der Waals surface area contributed by atoms with E-state index in [0.717, 1.165) is 60.0 Å². The number of nitrogens with one attached hydrogen (secondary N) is 1. The summed E-state index contributed by atoms with van der Waals surface area (Å²) in [5.41, 5.74) is 3.11. The van der Waals surface area contributed by atoms with E-state index in [9.17, 15) is 0 Å². The van der Waals surface area contributed by atoms with Crippen LogP contribution in [0, 0.1) is 0 Å². The molecule has 1 aliphatic heterocycles. The third-order valence-corrected chi connectivity index (χ3v) is 4.59. The number of H-pyrrole nitrogens is 1. The zero-order valence-electron chi connectivity index (χ0n) is 14.0. The Morgan fingerprint density at radius 3 is 2.69 bits per heavy atom. The lowest BCUT2D eigenvalue weighted by atomic mass is 10.1. The molecule has 0 radical (unpaired) electrons. The predicted octanol–water partition coefficient (Wildman–Crippen LogP) is 2.04. The van der Waals surface area contributed by atoms with Crippen LogP contribution in [0.5, 0.6) is 0 Å². The Bertz CT molecular complexity index is 1030. The van der Waals surface area contributed by atoms with Crippen molar-refractivity contribution in [3.05, 3.63) is 49.2 Å². The number of rotatable bonds is 3. The standard InChI is InChI=1S/C18H17N7O/c1-2-14-11-23-25(16(14)7-13(1)15-9-21-22-10-15)18-8-17(19-12-20-18)24-3-5-26-6-4-24/h1-2,7-12H,3-6H2,(H,21,22). The van der Waals surface area contributed by atoms with Gasteiger partial charge in [0.2, 0.25) is 0 Å². The molecule has 4 aromatic rings. The molecule has 0 unspecified atom stereocenters. The van der Waals surface area contributed by atoms with Crippen molar-refractivity contribution in [1.29, 1.82) is 0 Å². The van der Waals surface area contributed by atoms with Crippen molar-refractivity contribution >= 4 is 16.7 Å². The molecular formula is C18H17N7O. The van der Waals surface area contributed by atoms with Gasteiger partial charge >= 0.3 is 0 Å². The zero-order valence-corrected chi connectivity index (χ0v) is 14.0. The molecule has 0 aliphatic carbocycles. The first-order valence-electron chi connectivity index (χ1n) is 8.50. The maximum atomic E-state index is 5.42. The normalized spacial score (nSPS) is 14.8. The summed E-state index contributed by atoms with van der Waals surface area (Å²) in [5, 5.41) is 12.5. The molecule has 0 bridgehead atoms. The van der Waals surface area contributed by atoms with Gasteiger partial charge in [-0.15, -0.1) is 0 Å². The van der Waals surface area contributed by atoms with Crippen LogP contribution in [0.3, 0.4) is 0 Å². The minimum atomic E-state index is 0.720. The highest BCUT2D eigenvalue weighted by molar-refractivity contribution is 5.85. The average Bonchev–Trinajstić information content (AvgIpc) is 3.38. The molecule has 5 rings (SSSR count). The van der Waals surface area contributed by atoms with Crippen molar-refractivity contribution in [3.8, 4) is 16.9 Å². The Kier molecular flexibility index (Phi) is 3.60. The molecule has 26 heavy (non-hydrogen) atoms. The van der Waals surface area contributed by atoms with Crippen LogP contribution in [-0.2, 0) is 4.74 Å². The van der Waals surface area contributed by atoms with Crippen LogP contribution in [0.1, 0.15) is 0 Å². The number of hydrogen-bond acceptors (Lipinski definition) is 6.